The number of rotatable bonds is 3. The highest BCUT2D eigenvalue weighted by Gasteiger charge is 2.26. The fourth-order valence-corrected chi connectivity index (χ4v) is 2.27. The molecule has 12 heavy (non-hydrogen) atoms. The van der Waals surface area contributed by atoms with Gasteiger partial charge in [0.25, 0.3) is 0 Å². The molecule has 0 aromatic rings. The van der Waals surface area contributed by atoms with Gasteiger partial charge in [0.2, 0.25) is 0 Å². The van der Waals surface area contributed by atoms with Crippen molar-refractivity contribution in [1.29, 1.82) is 0 Å². The summed E-state index contributed by atoms with van der Waals surface area (Å²) >= 11 is 0. The van der Waals surface area contributed by atoms with Crippen molar-refractivity contribution in [1.82, 2.24) is 0 Å². The van der Waals surface area contributed by atoms with Crippen LogP contribution in [0.25, 0.3) is 0 Å². The smallest absolute Gasteiger partial charge is 0.0474 e. The van der Waals surface area contributed by atoms with E-state index in [1.807, 2.05) is 0 Å². The molecule has 0 bridgehead atoms. The molecule has 3 unspecified atom stereocenters. The van der Waals surface area contributed by atoms with Crippen molar-refractivity contribution in [2.24, 2.45) is 17.6 Å². The molecule has 0 saturated heterocycles. The third-order valence-electron chi connectivity index (χ3n) is 3.08. The fourth-order valence-electron chi connectivity index (χ4n) is 2.27. The normalized spacial score (nSPS) is 36.8. The third kappa shape index (κ3) is 2.46. The monoisotopic (exact) mass is 171 g/mol. The average molecular weight is 171 g/mol. The molecule has 0 heterocycles. The zero-order valence-electron chi connectivity index (χ0n) is 8.00. The summed E-state index contributed by atoms with van der Waals surface area (Å²) in [6.45, 7) is 2.50. The van der Waals surface area contributed by atoms with Crippen molar-refractivity contribution in [2.75, 3.05) is 6.61 Å². The largest absolute Gasteiger partial charge is 0.396 e. The van der Waals surface area contributed by atoms with E-state index in [1.165, 1.54) is 19.3 Å². The van der Waals surface area contributed by atoms with Crippen molar-refractivity contribution in [3.63, 3.8) is 0 Å². The van der Waals surface area contributed by atoms with Crippen molar-refractivity contribution < 1.29 is 5.11 Å². The first-order chi connectivity index (χ1) is 5.77. The maximum absolute atomic E-state index is 9.07. The molecule has 1 fully saturated rings. The SMILES string of the molecule is CCCC1CCC(N)C(CO)C1. The Balaban J connectivity index is 2.33. The summed E-state index contributed by atoms with van der Waals surface area (Å²) in [6.07, 6.45) is 6.09. The minimum Gasteiger partial charge on any atom is -0.396 e. The molecule has 72 valence electrons. The number of aliphatic hydroxyl groups is 1. The zero-order chi connectivity index (χ0) is 8.97. The first-order valence-corrected chi connectivity index (χ1v) is 5.14. The van der Waals surface area contributed by atoms with Crippen LogP contribution in [0.2, 0.25) is 0 Å². The van der Waals surface area contributed by atoms with E-state index in [0.717, 1.165) is 18.8 Å². The van der Waals surface area contributed by atoms with Crippen LogP contribution in [-0.2, 0) is 0 Å². The number of hydrogen-bond acceptors (Lipinski definition) is 2. The summed E-state index contributed by atoms with van der Waals surface area (Å²) in [4.78, 5) is 0. The lowest BCUT2D eigenvalue weighted by molar-refractivity contribution is 0.137. The van der Waals surface area contributed by atoms with Gasteiger partial charge in [0.1, 0.15) is 0 Å². The molecule has 0 aromatic heterocycles. The van der Waals surface area contributed by atoms with E-state index in [0.29, 0.717) is 5.92 Å². The Hall–Kier alpha value is -0.0800. The standard InChI is InChI=1S/C10H21NO/c1-2-3-8-4-5-10(11)9(6-8)7-12/h8-10,12H,2-7,11H2,1H3. The van der Waals surface area contributed by atoms with Gasteiger partial charge >= 0.3 is 0 Å². The molecule has 2 heteroatoms. The minimum atomic E-state index is 0.253. The molecule has 0 spiro atoms. The molecule has 3 N–H and O–H groups in total. The van der Waals surface area contributed by atoms with Crippen molar-refractivity contribution in [3.05, 3.63) is 0 Å². The van der Waals surface area contributed by atoms with E-state index in [2.05, 4.69) is 6.92 Å². The Kier molecular flexibility index (Phi) is 4.02. The maximum Gasteiger partial charge on any atom is 0.0474 e. The van der Waals surface area contributed by atoms with Crippen LogP contribution < -0.4 is 5.73 Å². The lowest BCUT2D eigenvalue weighted by Crippen LogP contribution is -2.38. The number of hydrogen-bond donors (Lipinski definition) is 2. The quantitative estimate of drug-likeness (QED) is 0.676. The summed E-state index contributed by atoms with van der Waals surface area (Å²) in [5, 5.41) is 9.07. The Labute approximate surface area is 75.2 Å². The summed E-state index contributed by atoms with van der Waals surface area (Å²) < 4.78 is 0. The van der Waals surface area contributed by atoms with E-state index in [9.17, 15) is 0 Å². The van der Waals surface area contributed by atoms with Gasteiger partial charge in [-0.2, -0.15) is 0 Å². The van der Waals surface area contributed by atoms with Gasteiger partial charge in [0, 0.05) is 12.6 Å². The molecule has 0 aromatic carbocycles. The van der Waals surface area contributed by atoms with Crippen LogP contribution in [0.5, 0.6) is 0 Å². The number of nitrogens with two attached hydrogens (primary N) is 1. The lowest BCUT2D eigenvalue weighted by Gasteiger charge is -2.32. The molecule has 1 aliphatic carbocycles. The van der Waals surface area contributed by atoms with Crippen LogP contribution in [0, 0.1) is 11.8 Å². The van der Waals surface area contributed by atoms with E-state index in [1.54, 1.807) is 0 Å². The molecule has 2 nitrogen and oxygen atoms in total. The Bertz CT molecular complexity index is 127. The predicted molar refractivity (Wildman–Crippen MR) is 50.8 cm³/mol. The molecule has 3 atom stereocenters. The topological polar surface area (TPSA) is 46.2 Å². The highest BCUT2D eigenvalue weighted by molar-refractivity contribution is 4.81. The molecule has 1 aliphatic rings. The van der Waals surface area contributed by atoms with Crippen molar-refractivity contribution in [2.45, 2.75) is 45.1 Å². The zero-order valence-corrected chi connectivity index (χ0v) is 8.00. The molecule has 0 amide bonds. The van der Waals surface area contributed by atoms with Crippen molar-refractivity contribution in [3.8, 4) is 0 Å². The predicted octanol–water partition coefficient (Wildman–Crippen LogP) is 1.52. The maximum atomic E-state index is 9.07. The molecular weight excluding hydrogens is 150 g/mol. The average Bonchev–Trinajstić information content (AvgIpc) is 2.09. The Morgan fingerprint density at radius 3 is 2.75 bits per heavy atom. The van der Waals surface area contributed by atoms with E-state index in [-0.39, 0.29) is 12.6 Å². The molecule has 1 rings (SSSR count). The van der Waals surface area contributed by atoms with Gasteiger partial charge in [-0.05, 0) is 31.1 Å². The van der Waals surface area contributed by atoms with Gasteiger partial charge in [-0.25, -0.2) is 0 Å². The van der Waals surface area contributed by atoms with Crippen LogP contribution >= 0.6 is 0 Å². The summed E-state index contributed by atoms with van der Waals surface area (Å²) in [5.74, 6) is 1.20. The van der Waals surface area contributed by atoms with Gasteiger partial charge in [-0.15, -0.1) is 0 Å². The van der Waals surface area contributed by atoms with Gasteiger partial charge in [0.15, 0.2) is 0 Å². The third-order valence-corrected chi connectivity index (χ3v) is 3.08. The second kappa shape index (κ2) is 4.83. The Morgan fingerprint density at radius 2 is 2.17 bits per heavy atom. The minimum absolute atomic E-state index is 0.253. The summed E-state index contributed by atoms with van der Waals surface area (Å²) in [7, 11) is 0. The number of aliphatic hydroxyl groups excluding tert-OH is 1. The molecule has 1 saturated carbocycles. The molecule has 0 radical (unpaired) electrons. The van der Waals surface area contributed by atoms with Crippen LogP contribution in [0.15, 0.2) is 0 Å². The molecule has 0 aliphatic heterocycles. The van der Waals surface area contributed by atoms with Gasteiger partial charge in [0.05, 0.1) is 0 Å². The Morgan fingerprint density at radius 1 is 1.42 bits per heavy atom. The van der Waals surface area contributed by atoms with Gasteiger partial charge < -0.3 is 10.8 Å². The summed E-state index contributed by atoms with van der Waals surface area (Å²) in [6, 6.07) is 0.253. The van der Waals surface area contributed by atoms with Gasteiger partial charge in [-0.1, -0.05) is 19.8 Å². The van der Waals surface area contributed by atoms with E-state index < -0.39 is 0 Å². The van der Waals surface area contributed by atoms with Crippen LogP contribution in [0.4, 0.5) is 0 Å². The lowest BCUT2D eigenvalue weighted by atomic mass is 9.77. The van der Waals surface area contributed by atoms with Crippen LogP contribution in [-0.4, -0.2) is 17.8 Å². The molecular formula is C10H21NO. The van der Waals surface area contributed by atoms with E-state index >= 15 is 0 Å². The van der Waals surface area contributed by atoms with E-state index in [4.69, 9.17) is 10.8 Å². The van der Waals surface area contributed by atoms with Crippen LogP contribution in [0.3, 0.4) is 0 Å². The fraction of sp³-hybridized carbons (Fsp3) is 1.00. The van der Waals surface area contributed by atoms with Gasteiger partial charge in [-0.3, -0.25) is 0 Å². The second-order valence-electron chi connectivity index (χ2n) is 4.07. The first-order valence-electron chi connectivity index (χ1n) is 5.14. The van der Waals surface area contributed by atoms with Crippen molar-refractivity contribution >= 4 is 0 Å². The van der Waals surface area contributed by atoms with Crippen LogP contribution in [0.1, 0.15) is 39.0 Å². The highest BCUT2D eigenvalue weighted by atomic mass is 16.3. The summed E-state index contributed by atoms with van der Waals surface area (Å²) in [5.41, 5.74) is 5.89. The second-order valence-corrected chi connectivity index (χ2v) is 4.07. The highest BCUT2D eigenvalue weighted by Crippen LogP contribution is 2.30. The first kappa shape index (κ1) is 10.0.